The Morgan fingerprint density at radius 1 is 1.39 bits per heavy atom. The SMILES string of the molecule is CNC(Cc1cn(C)nn1)c1ccccc1OC. The molecular weight excluding hydrogens is 228 g/mol. The number of para-hydroxylation sites is 1. The number of nitrogens with zero attached hydrogens (tertiary/aromatic N) is 3. The summed E-state index contributed by atoms with van der Waals surface area (Å²) in [7, 11) is 5.50. The minimum absolute atomic E-state index is 0.165. The molecule has 1 aromatic carbocycles. The Balaban J connectivity index is 2.22. The highest BCUT2D eigenvalue weighted by Crippen LogP contribution is 2.26. The van der Waals surface area contributed by atoms with Gasteiger partial charge in [-0.05, 0) is 13.1 Å². The van der Waals surface area contributed by atoms with Gasteiger partial charge in [0, 0.05) is 31.3 Å². The zero-order valence-corrected chi connectivity index (χ0v) is 10.9. The summed E-state index contributed by atoms with van der Waals surface area (Å²) in [6.07, 6.45) is 2.71. The molecule has 0 amide bonds. The number of aryl methyl sites for hydroxylation is 1. The van der Waals surface area contributed by atoms with E-state index in [0.29, 0.717) is 0 Å². The van der Waals surface area contributed by atoms with Crippen LogP contribution in [0.25, 0.3) is 0 Å². The molecule has 0 spiro atoms. The monoisotopic (exact) mass is 246 g/mol. The van der Waals surface area contributed by atoms with Crippen LogP contribution < -0.4 is 10.1 Å². The maximum Gasteiger partial charge on any atom is 0.123 e. The first kappa shape index (κ1) is 12.6. The van der Waals surface area contributed by atoms with E-state index in [0.717, 1.165) is 23.4 Å². The maximum absolute atomic E-state index is 5.39. The molecule has 2 aromatic rings. The number of ether oxygens (including phenoxy) is 1. The second-order valence-corrected chi connectivity index (χ2v) is 4.17. The van der Waals surface area contributed by atoms with Crippen LogP contribution in [0.4, 0.5) is 0 Å². The maximum atomic E-state index is 5.39. The highest BCUT2D eigenvalue weighted by atomic mass is 16.5. The molecule has 0 bridgehead atoms. The third-order valence-corrected chi connectivity index (χ3v) is 2.93. The van der Waals surface area contributed by atoms with Crippen molar-refractivity contribution >= 4 is 0 Å². The second kappa shape index (κ2) is 5.64. The quantitative estimate of drug-likeness (QED) is 0.864. The van der Waals surface area contributed by atoms with Crippen LogP contribution in [0.1, 0.15) is 17.3 Å². The number of likely N-dealkylation sites (N-methyl/N-ethyl adjacent to an activating group) is 1. The van der Waals surface area contributed by atoms with Gasteiger partial charge in [-0.3, -0.25) is 4.68 Å². The molecule has 2 rings (SSSR count). The lowest BCUT2D eigenvalue weighted by molar-refractivity contribution is 0.401. The van der Waals surface area contributed by atoms with Crippen LogP contribution in [0.5, 0.6) is 5.75 Å². The van der Waals surface area contributed by atoms with Crippen molar-refractivity contribution in [2.75, 3.05) is 14.2 Å². The largest absolute Gasteiger partial charge is 0.496 e. The molecule has 96 valence electrons. The molecule has 0 aliphatic heterocycles. The van der Waals surface area contributed by atoms with Gasteiger partial charge in [-0.1, -0.05) is 23.4 Å². The Hall–Kier alpha value is -1.88. The molecular formula is C13H18N4O. The van der Waals surface area contributed by atoms with Gasteiger partial charge in [0.15, 0.2) is 0 Å². The Kier molecular flexibility index (Phi) is 3.94. The van der Waals surface area contributed by atoms with Crippen molar-refractivity contribution in [3.8, 4) is 5.75 Å². The molecule has 5 heteroatoms. The summed E-state index contributed by atoms with van der Waals surface area (Å²) in [6, 6.07) is 8.18. The predicted octanol–water partition coefficient (Wildman–Crippen LogP) is 1.33. The summed E-state index contributed by atoms with van der Waals surface area (Å²) >= 11 is 0. The minimum Gasteiger partial charge on any atom is -0.496 e. The van der Waals surface area contributed by atoms with Crippen LogP contribution in [0.2, 0.25) is 0 Å². The van der Waals surface area contributed by atoms with Crippen LogP contribution in [0.15, 0.2) is 30.5 Å². The lowest BCUT2D eigenvalue weighted by atomic mass is 10.0. The number of rotatable bonds is 5. The van der Waals surface area contributed by atoms with Crippen molar-refractivity contribution in [2.45, 2.75) is 12.5 Å². The molecule has 0 aliphatic rings. The molecule has 5 nitrogen and oxygen atoms in total. The van der Waals surface area contributed by atoms with E-state index in [-0.39, 0.29) is 6.04 Å². The normalized spacial score (nSPS) is 12.4. The number of benzene rings is 1. The summed E-state index contributed by atoms with van der Waals surface area (Å²) in [4.78, 5) is 0. The minimum atomic E-state index is 0.165. The van der Waals surface area contributed by atoms with E-state index < -0.39 is 0 Å². The van der Waals surface area contributed by atoms with Crippen molar-refractivity contribution in [1.29, 1.82) is 0 Å². The van der Waals surface area contributed by atoms with Gasteiger partial charge < -0.3 is 10.1 Å². The fourth-order valence-corrected chi connectivity index (χ4v) is 2.02. The molecule has 1 atom stereocenters. The van der Waals surface area contributed by atoms with Crippen molar-refractivity contribution in [1.82, 2.24) is 20.3 Å². The van der Waals surface area contributed by atoms with E-state index >= 15 is 0 Å². The van der Waals surface area contributed by atoms with Gasteiger partial charge in [-0.25, -0.2) is 0 Å². The van der Waals surface area contributed by atoms with E-state index in [1.165, 1.54) is 0 Å². The topological polar surface area (TPSA) is 52.0 Å². The molecule has 1 N–H and O–H groups in total. The van der Waals surface area contributed by atoms with E-state index in [9.17, 15) is 0 Å². The fraction of sp³-hybridized carbons (Fsp3) is 0.385. The fourth-order valence-electron chi connectivity index (χ4n) is 2.02. The Bertz CT molecular complexity index is 509. The van der Waals surface area contributed by atoms with Crippen molar-refractivity contribution < 1.29 is 4.74 Å². The van der Waals surface area contributed by atoms with Gasteiger partial charge in [0.05, 0.1) is 12.8 Å². The van der Waals surface area contributed by atoms with Crippen LogP contribution in [-0.4, -0.2) is 29.2 Å². The van der Waals surface area contributed by atoms with Gasteiger partial charge in [0.2, 0.25) is 0 Å². The summed E-state index contributed by atoms with van der Waals surface area (Å²) < 4.78 is 7.10. The lowest BCUT2D eigenvalue weighted by Gasteiger charge is -2.18. The standard InChI is InChI=1S/C13H18N4O/c1-14-12(8-10-9-17(2)16-15-10)11-6-4-5-7-13(11)18-3/h4-7,9,12,14H,8H2,1-3H3. The highest BCUT2D eigenvalue weighted by Gasteiger charge is 2.15. The Labute approximate surface area is 107 Å². The number of hydrogen-bond donors (Lipinski definition) is 1. The van der Waals surface area contributed by atoms with Crippen molar-refractivity contribution in [2.24, 2.45) is 7.05 Å². The molecule has 0 aliphatic carbocycles. The molecule has 0 radical (unpaired) electrons. The number of hydrogen-bond acceptors (Lipinski definition) is 4. The predicted molar refractivity (Wildman–Crippen MR) is 69.5 cm³/mol. The Morgan fingerprint density at radius 2 is 2.17 bits per heavy atom. The molecule has 1 unspecified atom stereocenters. The van der Waals surface area contributed by atoms with Crippen LogP contribution in [0.3, 0.4) is 0 Å². The van der Waals surface area contributed by atoms with E-state index in [1.54, 1.807) is 11.8 Å². The smallest absolute Gasteiger partial charge is 0.123 e. The average molecular weight is 246 g/mol. The summed E-state index contributed by atoms with van der Waals surface area (Å²) in [5.74, 6) is 0.890. The first-order valence-corrected chi connectivity index (χ1v) is 5.90. The third kappa shape index (κ3) is 2.68. The van der Waals surface area contributed by atoms with Crippen LogP contribution in [0, 0.1) is 0 Å². The third-order valence-electron chi connectivity index (χ3n) is 2.93. The molecule has 0 fully saturated rings. The van der Waals surface area contributed by atoms with Gasteiger partial charge in [0.25, 0.3) is 0 Å². The molecule has 0 saturated heterocycles. The van der Waals surface area contributed by atoms with Gasteiger partial charge in [-0.2, -0.15) is 0 Å². The first-order chi connectivity index (χ1) is 8.74. The zero-order chi connectivity index (χ0) is 13.0. The summed E-state index contributed by atoms with van der Waals surface area (Å²) in [5.41, 5.74) is 2.09. The molecule has 1 heterocycles. The highest BCUT2D eigenvalue weighted by molar-refractivity contribution is 5.36. The Morgan fingerprint density at radius 3 is 2.78 bits per heavy atom. The van der Waals surface area contributed by atoms with Gasteiger partial charge >= 0.3 is 0 Å². The second-order valence-electron chi connectivity index (χ2n) is 4.17. The average Bonchev–Trinajstić information content (AvgIpc) is 2.81. The first-order valence-electron chi connectivity index (χ1n) is 5.90. The summed E-state index contributed by atoms with van der Waals surface area (Å²) in [6.45, 7) is 0. The number of aromatic nitrogens is 3. The lowest BCUT2D eigenvalue weighted by Crippen LogP contribution is -2.19. The summed E-state index contributed by atoms with van der Waals surface area (Å²) in [5, 5.41) is 11.4. The molecule has 18 heavy (non-hydrogen) atoms. The van der Waals surface area contributed by atoms with Gasteiger partial charge in [-0.15, -0.1) is 5.10 Å². The van der Waals surface area contributed by atoms with E-state index in [1.807, 2.05) is 38.5 Å². The number of nitrogens with one attached hydrogen (secondary N) is 1. The van der Waals surface area contributed by atoms with Gasteiger partial charge in [0.1, 0.15) is 5.75 Å². The van der Waals surface area contributed by atoms with Crippen LogP contribution in [-0.2, 0) is 13.5 Å². The number of methoxy groups -OCH3 is 1. The zero-order valence-electron chi connectivity index (χ0n) is 10.9. The van der Waals surface area contributed by atoms with Crippen molar-refractivity contribution in [3.63, 3.8) is 0 Å². The molecule has 0 saturated carbocycles. The van der Waals surface area contributed by atoms with Crippen molar-refractivity contribution in [3.05, 3.63) is 41.7 Å². The van der Waals surface area contributed by atoms with Crippen LogP contribution >= 0.6 is 0 Å². The van der Waals surface area contributed by atoms with E-state index in [2.05, 4.69) is 21.7 Å². The van der Waals surface area contributed by atoms with E-state index in [4.69, 9.17) is 4.74 Å². The molecule has 1 aromatic heterocycles.